The van der Waals surface area contributed by atoms with Gasteiger partial charge in [0.2, 0.25) is 0 Å². The van der Waals surface area contributed by atoms with E-state index in [-0.39, 0.29) is 5.54 Å². The monoisotopic (exact) mass is 220 g/mol. The second-order valence-electron chi connectivity index (χ2n) is 4.60. The zero-order valence-electron chi connectivity index (χ0n) is 9.83. The lowest BCUT2D eigenvalue weighted by Gasteiger charge is -2.11. The molecule has 3 heteroatoms. The molecule has 0 amide bonds. The summed E-state index contributed by atoms with van der Waals surface area (Å²) in [6, 6.07) is 8.15. The van der Waals surface area contributed by atoms with Crippen LogP contribution in [0.25, 0.3) is 0 Å². The van der Waals surface area contributed by atoms with Crippen molar-refractivity contribution in [3.8, 4) is 5.75 Å². The van der Waals surface area contributed by atoms with Gasteiger partial charge in [-0.3, -0.25) is 0 Å². The summed E-state index contributed by atoms with van der Waals surface area (Å²) in [7, 11) is 1.71. The molecule has 1 aliphatic carbocycles. The Morgan fingerprint density at radius 2 is 2.12 bits per heavy atom. The van der Waals surface area contributed by atoms with Gasteiger partial charge in [0.15, 0.2) is 0 Å². The van der Waals surface area contributed by atoms with Gasteiger partial charge < -0.3 is 15.8 Å². The zero-order chi connectivity index (χ0) is 11.4. The van der Waals surface area contributed by atoms with Crippen LogP contribution in [0.1, 0.15) is 18.4 Å². The molecule has 3 N–H and O–H groups in total. The van der Waals surface area contributed by atoms with E-state index < -0.39 is 0 Å². The van der Waals surface area contributed by atoms with Crippen molar-refractivity contribution in [3.05, 3.63) is 29.8 Å². The van der Waals surface area contributed by atoms with E-state index in [0.29, 0.717) is 0 Å². The van der Waals surface area contributed by atoms with Crippen LogP contribution in [-0.2, 0) is 6.42 Å². The number of methoxy groups -OCH3 is 1. The van der Waals surface area contributed by atoms with Crippen LogP contribution in [0.5, 0.6) is 5.75 Å². The highest BCUT2D eigenvalue weighted by molar-refractivity contribution is 5.33. The number of hydrogen-bond donors (Lipinski definition) is 2. The first kappa shape index (κ1) is 11.4. The fraction of sp³-hybridized carbons (Fsp3) is 0.538. The molecule has 0 atom stereocenters. The Morgan fingerprint density at radius 3 is 2.81 bits per heavy atom. The lowest BCUT2D eigenvalue weighted by molar-refractivity contribution is 0.409. The maximum atomic E-state index is 5.99. The minimum absolute atomic E-state index is 0.0980. The van der Waals surface area contributed by atoms with E-state index in [1.807, 2.05) is 18.2 Å². The van der Waals surface area contributed by atoms with Crippen molar-refractivity contribution < 1.29 is 4.74 Å². The summed E-state index contributed by atoms with van der Waals surface area (Å²) in [6.45, 7) is 1.89. The third-order valence-electron chi connectivity index (χ3n) is 3.13. The Labute approximate surface area is 97.0 Å². The molecule has 0 radical (unpaired) electrons. The van der Waals surface area contributed by atoms with Crippen molar-refractivity contribution in [2.45, 2.75) is 24.8 Å². The highest BCUT2D eigenvalue weighted by atomic mass is 16.5. The van der Waals surface area contributed by atoms with Gasteiger partial charge in [-0.25, -0.2) is 0 Å². The van der Waals surface area contributed by atoms with E-state index in [1.165, 1.54) is 5.56 Å². The van der Waals surface area contributed by atoms with Crippen LogP contribution >= 0.6 is 0 Å². The van der Waals surface area contributed by atoms with E-state index in [2.05, 4.69) is 11.4 Å². The molecule has 2 rings (SSSR count). The maximum absolute atomic E-state index is 5.99. The minimum Gasteiger partial charge on any atom is -0.496 e. The summed E-state index contributed by atoms with van der Waals surface area (Å²) in [5.74, 6) is 0.971. The molecule has 0 heterocycles. The maximum Gasteiger partial charge on any atom is 0.122 e. The molecule has 88 valence electrons. The molecule has 0 unspecified atom stereocenters. The van der Waals surface area contributed by atoms with Crippen molar-refractivity contribution in [2.75, 3.05) is 20.2 Å². The zero-order valence-corrected chi connectivity index (χ0v) is 9.83. The lowest BCUT2D eigenvalue weighted by Crippen LogP contribution is -2.36. The molecule has 0 aromatic heterocycles. The molecule has 0 bridgehead atoms. The van der Waals surface area contributed by atoms with Gasteiger partial charge in [0, 0.05) is 12.1 Å². The predicted octanol–water partition coefficient (Wildman–Crippen LogP) is 1.32. The van der Waals surface area contributed by atoms with E-state index in [9.17, 15) is 0 Å². The summed E-state index contributed by atoms with van der Waals surface area (Å²) in [4.78, 5) is 0. The smallest absolute Gasteiger partial charge is 0.122 e. The summed E-state index contributed by atoms with van der Waals surface area (Å²) in [5.41, 5.74) is 7.34. The van der Waals surface area contributed by atoms with Crippen molar-refractivity contribution in [2.24, 2.45) is 5.73 Å². The largest absolute Gasteiger partial charge is 0.496 e. The number of hydrogen-bond acceptors (Lipinski definition) is 3. The van der Waals surface area contributed by atoms with Gasteiger partial charge in [-0.2, -0.15) is 0 Å². The number of ether oxygens (including phenoxy) is 1. The number of para-hydroxylation sites is 1. The van der Waals surface area contributed by atoms with Gasteiger partial charge in [-0.15, -0.1) is 0 Å². The molecule has 0 aliphatic heterocycles. The van der Waals surface area contributed by atoms with Gasteiger partial charge in [-0.1, -0.05) is 18.2 Å². The van der Waals surface area contributed by atoms with Gasteiger partial charge in [-0.05, 0) is 37.4 Å². The standard InChI is InChI=1S/C13H20N2O/c1-16-12-5-3-2-4-11(12)6-9-15-10-13(14)7-8-13/h2-5,15H,6-10,14H2,1H3. The Bertz CT molecular complexity index is 348. The Morgan fingerprint density at radius 1 is 1.38 bits per heavy atom. The van der Waals surface area contributed by atoms with Crippen LogP contribution < -0.4 is 15.8 Å². The van der Waals surface area contributed by atoms with Gasteiger partial charge in [0.1, 0.15) is 5.75 Å². The molecule has 3 nitrogen and oxygen atoms in total. The quantitative estimate of drug-likeness (QED) is 0.711. The van der Waals surface area contributed by atoms with Crippen LogP contribution in [0.4, 0.5) is 0 Å². The number of nitrogens with two attached hydrogens (primary N) is 1. The van der Waals surface area contributed by atoms with Crippen LogP contribution in [0, 0.1) is 0 Å². The summed E-state index contributed by atoms with van der Waals surface area (Å²) < 4.78 is 5.30. The highest BCUT2D eigenvalue weighted by Crippen LogP contribution is 2.30. The topological polar surface area (TPSA) is 47.3 Å². The van der Waals surface area contributed by atoms with Crippen LogP contribution in [0.3, 0.4) is 0 Å². The van der Waals surface area contributed by atoms with E-state index in [4.69, 9.17) is 10.5 Å². The van der Waals surface area contributed by atoms with Gasteiger partial charge in [0.05, 0.1) is 7.11 Å². The fourth-order valence-corrected chi connectivity index (χ4v) is 1.81. The molecular weight excluding hydrogens is 200 g/mol. The Hall–Kier alpha value is -1.06. The molecule has 16 heavy (non-hydrogen) atoms. The van der Waals surface area contributed by atoms with Crippen LogP contribution in [0.2, 0.25) is 0 Å². The first-order valence-electron chi connectivity index (χ1n) is 5.85. The molecular formula is C13H20N2O. The Balaban J connectivity index is 1.75. The molecule has 1 fully saturated rings. The van der Waals surface area contributed by atoms with E-state index >= 15 is 0 Å². The summed E-state index contributed by atoms with van der Waals surface area (Å²) in [5, 5.41) is 3.41. The number of rotatable bonds is 6. The molecule has 0 saturated heterocycles. The normalized spacial score (nSPS) is 17.1. The third kappa shape index (κ3) is 2.97. The highest BCUT2D eigenvalue weighted by Gasteiger charge is 2.37. The second-order valence-corrected chi connectivity index (χ2v) is 4.60. The fourth-order valence-electron chi connectivity index (χ4n) is 1.81. The average molecular weight is 220 g/mol. The van der Waals surface area contributed by atoms with Crippen molar-refractivity contribution in [1.82, 2.24) is 5.32 Å². The van der Waals surface area contributed by atoms with Crippen LogP contribution in [0.15, 0.2) is 24.3 Å². The Kier molecular flexibility index (Phi) is 3.46. The SMILES string of the molecule is COc1ccccc1CCNCC1(N)CC1. The molecule has 1 aromatic rings. The molecule has 1 aromatic carbocycles. The predicted molar refractivity (Wildman–Crippen MR) is 65.7 cm³/mol. The average Bonchev–Trinajstić information content (AvgIpc) is 3.04. The second kappa shape index (κ2) is 4.85. The van der Waals surface area contributed by atoms with Gasteiger partial charge >= 0.3 is 0 Å². The number of benzene rings is 1. The summed E-state index contributed by atoms with van der Waals surface area (Å²) in [6.07, 6.45) is 3.31. The first-order valence-corrected chi connectivity index (χ1v) is 5.85. The van der Waals surface area contributed by atoms with Crippen molar-refractivity contribution in [1.29, 1.82) is 0 Å². The molecule has 1 saturated carbocycles. The van der Waals surface area contributed by atoms with Crippen molar-refractivity contribution in [3.63, 3.8) is 0 Å². The molecule has 0 spiro atoms. The van der Waals surface area contributed by atoms with Crippen molar-refractivity contribution >= 4 is 0 Å². The van der Waals surface area contributed by atoms with E-state index in [0.717, 1.165) is 38.1 Å². The van der Waals surface area contributed by atoms with Crippen LogP contribution in [-0.4, -0.2) is 25.7 Å². The molecule has 1 aliphatic rings. The minimum atomic E-state index is 0.0980. The summed E-state index contributed by atoms with van der Waals surface area (Å²) >= 11 is 0. The lowest BCUT2D eigenvalue weighted by atomic mass is 10.1. The third-order valence-corrected chi connectivity index (χ3v) is 3.13. The van der Waals surface area contributed by atoms with Gasteiger partial charge in [0.25, 0.3) is 0 Å². The van der Waals surface area contributed by atoms with E-state index in [1.54, 1.807) is 7.11 Å². The first-order chi connectivity index (χ1) is 7.73. The number of nitrogens with one attached hydrogen (secondary N) is 1.